The summed E-state index contributed by atoms with van der Waals surface area (Å²) in [5.41, 5.74) is 1.12. The van der Waals surface area contributed by atoms with Crippen LogP contribution in [0, 0.1) is 0 Å². The Balaban J connectivity index is 1.53. The third kappa shape index (κ3) is 5.14. The third-order valence-corrected chi connectivity index (χ3v) is 5.79. The van der Waals surface area contributed by atoms with Gasteiger partial charge in [0.05, 0.1) is 13.2 Å². The van der Waals surface area contributed by atoms with Crippen molar-refractivity contribution in [3.63, 3.8) is 0 Å². The molecule has 2 amide bonds. The van der Waals surface area contributed by atoms with Gasteiger partial charge in [-0.05, 0) is 45.8 Å². The van der Waals surface area contributed by atoms with Crippen LogP contribution in [-0.2, 0) is 0 Å². The maximum Gasteiger partial charge on any atom is 0.318 e. The van der Waals surface area contributed by atoms with Crippen molar-refractivity contribution in [3.8, 4) is 5.75 Å². The maximum atomic E-state index is 12.9. The number of carbonyl (C=O) groups is 1. The number of nitrogens with zero attached hydrogens (tertiary/aromatic N) is 3. The van der Waals surface area contributed by atoms with Crippen molar-refractivity contribution in [3.05, 3.63) is 29.8 Å². The van der Waals surface area contributed by atoms with Crippen molar-refractivity contribution in [2.45, 2.75) is 37.8 Å². The summed E-state index contributed by atoms with van der Waals surface area (Å²) in [7, 11) is 5.92. The average Bonchev–Trinajstić information content (AvgIpc) is 3.17. The first-order valence-electron chi connectivity index (χ1n) is 10.2. The molecule has 2 aliphatic heterocycles. The summed E-state index contributed by atoms with van der Waals surface area (Å²) in [6.45, 7) is 5.14. The number of benzene rings is 1. The van der Waals surface area contributed by atoms with Crippen LogP contribution in [0.3, 0.4) is 0 Å². The van der Waals surface area contributed by atoms with Gasteiger partial charge in [-0.1, -0.05) is 18.2 Å². The third-order valence-electron chi connectivity index (χ3n) is 5.79. The van der Waals surface area contributed by atoms with Crippen LogP contribution in [0.15, 0.2) is 24.3 Å². The van der Waals surface area contributed by atoms with Crippen molar-refractivity contribution < 1.29 is 9.53 Å². The maximum absolute atomic E-state index is 12.9. The predicted molar refractivity (Wildman–Crippen MR) is 108 cm³/mol. The van der Waals surface area contributed by atoms with Gasteiger partial charge in [0.15, 0.2) is 0 Å². The minimum atomic E-state index is 0.0788. The normalized spacial score (nSPS) is 21.6. The number of urea groups is 1. The SMILES string of the molecule is COc1ccccc1C1CCCN1C(=O)NC1CCN(CCN(C)C)CC1. The van der Waals surface area contributed by atoms with Gasteiger partial charge >= 0.3 is 6.03 Å². The highest BCUT2D eigenvalue weighted by molar-refractivity contribution is 5.75. The molecule has 1 unspecified atom stereocenters. The van der Waals surface area contributed by atoms with Gasteiger partial charge < -0.3 is 24.8 Å². The zero-order valence-corrected chi connectivity index (χ0v) is 17.0. The summed E-state index contributed by atoms with van der Waals surface area (Å²) in [6.07, 6.45) is 4.11. The molecular weight excluding hydrogens is 340 g/mol. The highest BCUT2D eigenvalue weighted by atomic mass is 16.5. The van der Waals surface area contributed by atoms with Gasteiger partial charge in [0.1, 0.15) is 5.75 Å². The average molecular weight is 375 g/mol. The van der Waals surface area contributed by atoms with Crippen molar-refractivity contribution in [2.24, 2.45) is 0 Å². The smallest absolute Gasteiger partial charge is 0.318 e. The van der Waals surface area contributed by atoms with E-state index in [0.29, 0.717) is 0 Å². The number of rotatable bonds is 6. The number of likely N-dealkylation sites (tertiary alicyclic amines) is 2. The molecule has 0 aliphatic carbocycles. The molecule has 0 saturated carbocycles. The highest BCUT2D eigenvalue weighted by Gasteiger charge is 2.33. The summed E-state index contributed by atoms with van der Waals surface area (Å²) in [4.78, 5) is 19.7. The van der Waals surface area contributed by atoms with Gasteiger partial charge in [0.2, 0.25) is 0 Å². The van der Waals surface area contributed by atoms with E-state index in [2.05, 4.69) is 35.3 Å². The minimum absolute atomic E-state index is 0.0788. The van der Waals surface area contributed by atoms with Crippen molar-refractivity contribution >= 4 is 6.03 Å². The second-order valence-corrected chi connectivity index (χ2v) is 7.96. The lowest BCUT2D eigenvalue weighted by Crippen LogP contribution is -2.49. The number of methoxy groups -OCH3 is 1. The Hall–Kier alpha value is -1.79. The Morgan fingerprint density at radius 3 is 2.63 bits per heavy atom. The van der Waals surface area contributed by atoms with E-state index < -0.39 is 0 Å². The molecule has 1 atom stereocenters. The Labute approximate surface area is 163 Å². The van der Waals surface area contributed by atoms with E-state index in [1.807, 2.05) is 23.1 Å². The van der Waals surface area contributed by atoms with Crippen LogP contribution in [0.2, 0.25) is 0 Å². The van der Waals surface area contributed by atoms with E-state index in [1.165, 1.54) is 0 Å². The fraction of sp³-hybridized carbons (Fsp3) is 0.667. The molecule has 1 N–H and O–H groups in total. The van der Waals surface area contributed by atoms with E-state index in [0.717, 1.165) is 69.7 Å². The molecule has 0 bridgehead atoms. The zero-order valence-electron chi connectivity index (χ0n) is 17.0. The Kier molecular flexibility index (Phi) is 6.96. The summed E-state index contributed by atoms with van der Waals surface area (Å²) in [6, 6.07) is 8.54. The van der Waals surface area contributed by atoms with E-state index in [1.54, 1.807) is 7.11 Å². The highest BCUT2D eigenvalue weighted by Crippen LogP contribution is 2.36. The lowest BCUT2D eigenvalue weighted by Gasteiger charge is -2.34. The van der Waals surface area contributed by atoms with E-state index in [-0.39, 0.29) is 18.1 Å². The van der Waals surface area contributed by atoms with Gasteiger partial charge in [-0.3, -0.25) is 0 Å². The fourth-order valence-corrected chi connectivity index (χ4v) is 4.17. The van der Waals surface area contributed by atoms with Crippen LogP contribution in [0.5, 0.6) is 5.75 Å². The van der Waals surface area contributed by atoms with Crippen molar-refractivity contribution in [1.82, 2.24) is 20.0 Å². The number of hydrogen-bond acceptors (Lipinski definition) is 4. The van der Waals surface area contributed by atoms with Crippen LogP contribution >= 0.6 is 0 Å². The van der Waals surface area contributed by atoms with Gasteiger partial charge in [0.25, 0.3) is 0 Å². The van der Waals surface area contributed by atoms with E-state index in [9.17, 15) is 4.79 Å². The molecule has 2 aliphatic rings. The Morgan fingerprint density at radius 1 is 1.19 bits per heavy atom. The summed E-state index contributed by atoms with van der Waals surface area (Å²) < 4.78 is 5.52. The molecule has 2 heterocycles. The molecule has 3 rings (SSSR count). The summed E-state index contributed by atoms with van der Waals surface area (Å²) >= 11 is 0. The molecule has 2 saturated heterocycles. The largest absolute Gasteiger partial charge is 0.496 e. The second kappa shape index (κ2) is 9.42. The van der Waals surface area contributed by atoms with E-state index in [4.69, 9.17) is 4.74 Å². The monoisotopic (exact) mass is 374 g/mol. The van der Waals surface area contributed by atoms with E-state index >= 15 is 0 Å². The Bertz CT molecular complexity index is 614. The number of hydrogen-bond donors (Lipinski definition) is 1. The van der Waals surface area contributed by atoms with Gasteiger partial charge in [-0.15, -0.1) is 0 Å². The van der Waals surface area contributed by atoms with Gasteiger partial charge in [-0.2, -0.15) is 0 Å². The number of carbonyl (C=O) groups excluding carboxylic acids is 1. The molecule has 27 heavy (non-hydrogen) atoms. The lowest BCUT2D eigenvalue weighted by molar-refractivity contribution is 0.163. The number of likely N-dealkylation sites (N-methyl/N-ethyl adjacent to an activating group) is 1. The zero-order chi connectivity index (χ0) is 19.2. The molecular formula is C21H34N4O2. The molecule has 0 aromatic heterocycles. The molecule has 1 aromatic rings. The lowest BCUT2D eigenvalue weighted by atomic mass is 10.0. The topological polar surface area (TPSA) is 48.1 Å². The van der Waals surface area contributed by atoms with Crippen LogP contribution in [-0.4, -0.2) is 80.7 Å². The molecule has 2 fully saturated rings. The molecule has 1 aromatic carbocycles. The molecule has 0 spiro atoms. The number of ether oxygens (including phenoxy) is 1. The van der Waals surface area contributed by atoms with Crippen LogP contribution in [0.1, 0.15) is 37.3 Å². The van der Waals surface area contributed by atoms with Gasteiger partial charge in [-0.25, -0.2) is 4.79 Å². The number of nitrogens with one attached hydrogen (secondary N) is 1. The minimum Gasteiger partial charge on any atom is -0.496 e. The number of amides is 2. The van der Waals surface area contributed by atoms with Gasteiger partial charge in [0, 0.05) is 44.3 Å². The summed E-state index contributed by atoms with van der Waals surface area (Å²) in [5, 5.41) is 3.29. The Morgan fingerprint density at radius 2 is 1.93 bits per heavy atom. The first kappa shape index (κ1) is 20.0. The first-order valence-corrected chi connectivity index (χ1v) is 10.2. The molecule has 6 nitrogen and oxygen atoms in total. The summed E-state index contributed by atoms with van der Waals surface area (Å²) in [5.74, 6) is 0.872. The number of para-hydroxylation sites is 1. The second-order valence-electron chi connectivity index (χ2n) is 7.96. The van der Waals surface area contributed by atoms with Crippen molar-refractivity contribution in [2.75, 3.05) is 53.9 Å². The molecule has 0 radical (unpaired) electrons. The van der Waals surface area contributed by atoms with Crippen LogP contribution < -0.4 is 10.1 Å². The molecule has 6 heteroatoms. The van der Waals surface area contributed by atoms with Crippen LogP contribution in [0.25, 0.3) is 0 Å². The fourth-order valence-electron chi connectivity index (χ4n) is 4.17. The van der Waals surface area contributed by atoms with Crippen LogP contribution in [0.4, 0.5) is 4.79 Å². The predicted octanol–water partition coefficient (Wildman–Crippen LogP) is 2.57. The standard InChI is InChI=1S/C21H34N4O2/c1-23(2)15-16-24-13-10-17(11-14-24)22-21(26)25-12-6-8-19(25)18-7-4-5-9-20(18)27-3/h4-5,7,9,17,19H,6,8,10-16H2,1-3H3,(H,22,26). The quantitative estimate of drug-likeness (QED) is 0.831. The molecule has 150 valence electrons. The first-order chi connectivity index (χ1) is 13.1. The number of piperidine rings is 1. The van der Waals surface area contributed by atoms with Crippen molar-refractivity contribution in [1.29, 1.82) is 0 Å².